The van der Waals surface area contributed by atoms with Crippen LogP contribution in [0.1, 0.15) is 58.2 Å². The second-order valence-corrected chi connectivity index (χ2v) is 21.2. The van der Waals surface area contributed by atoms with Crippen LogP contribution in [0.5, 0.6) is 0 Å². The zero-order chi connectivity index (χ0) is 38.5. The molecule has 0 radical (unpaired) electrons. The van der Waals surface area contributed by atoms with Gasteiger partial charge in [0.1, 0.15) is 0 Å². The van der Waals surface area contributed by atoms with Crippen LogP contribution in [0.25, 0.3) is 0 Å². The van der Waals surface area contributed by atoms with Crippen LogP contribution in [0.3, 0.4) is 0 Å². The molecule has 0 fully saturated rings. The second kappa shape index (κ2) is 14.1. The predicted molar refractivity (Wildman–Crippen MR) is 240 cm³/mol. The van der Waals surface area contributed by atoms with E-state index < -0.39 is 8.07 Å². The Bertz CT molecular complexity index is 2290. The highest BCUT2D eigenvalue weighted by atomic mass is 35.5. The maximum Gasteiger partial charge on any atom is 0.179 e. The molecule has 8 rings (SSSR count). The van der Waals surface area contributed by atoms with E-state index in [4.69, 9.17) is 11.6 Å². The fourth-order valence-corrected chi connectivity index (χ4v) is 13.3. The molecule has 0 spiro atoms. The Morgan fingerprint density at radius 3 is 1.13 bits per heavy atom. The van der Waals surface area contributed by atoms with Gasteiger partial charge in [-0.1, -0.05) is 162 Å². The number of fused-ring (bicyclic) bond motifs is 6. The average molecular weight is 754 g/mol. The summed E-state index contributed by atoms with van der Waals surface area (Å²) < 4.78 is 0. The van der Waals surface area contributed by atoms with Gasteiger partial charge in [0, 0.05) is 22.7 Å². The Hall–Kier alpha value is -5.35. The summed E-state index contributed by atoms with van der Waals surface area (Å²) in [7, 11) is -2.92. The third kappa shape index (κ3) is 6.60. The van der Waals surface area contributed by atoms with Crippen molar-refractivity contribution >= 4 is 74.5 Å². The first kappa shape index (κ1) is 36.6. The van der Waals surface area contributed by atoms with Crippen molar-refractivity contribution in [1.82, 2.24) is 0 Å². The van der Waals surface area contributed by atoms with Gasteiger partial charge in [0.15, 0.2) is 8.07 Å². The number of hydrogen-bond donors (Lipinski definition) is 0. The van der Waals surface area contributed by atoms with Gasteiger partial charge >= 0.3 is 0 Å². The maximum absolute atomic E-state index is 7.81. The zero-order valence-corrected chi connectivity index (χ0v) is 34.7. The minimum atomic E-state index is -2.92. The molecule has 7 aromatic carbocycles. The smallest absolute Gasteiger partial charge is 0.179 e. The molecule has 4 heteroatoms. The van der Waals surface area contributed by atoms with E-state index in [2.05, 4.69) is 228 Å². The van der Waals surface area contributed by atoms with Crippen LogP contribution in [-0.4, -0.2) is 8.07 Å². The Morgan fingerprint density at radius 1 is 0.400 bits per heavy atom. The molecule has 0 aliphatic carbocycles. The first-order valence-corrected chi connectivity index (χ1v) is 21.7. The van der Waals surface area contributed by atoms with Crippen molar-refractivity contribution in [2.45, 2.75) is 59.3 Å². The fraction of sp³-hybridized carbons (Fsp3) is 0.176. The van der Waals surface area contributed by atoms with Crippen molar-refractivity contribution in [2.75, 3.05) is 9.80 Å². The van der Waals surface area contributed by atoms with E-state index in [-0.39, 0.29) is 10.8 Å². The Balaban J connectivity index is 1.51. The van der Waals surface area contributed by atoms with E-state index in [1.54, 1.807) is 0 Å². The van der Waals surface area contributed by atoms with E-state index in [0.29, 0.717) is 5.02 Å². The molecule has 0 amide bonds. The normalized spacial score (nSPS) is 13.9. The minimum absolute atomic E-state index is 0.0286. The molecule has 0 aromatic heterocycles. The highest BCUT2D eigenvalue weighted by Crippen LogP contribution is 2.48. The van der Waals surface area contributed by atoms with Crippen molar-refractivity contribution in [3.8, 4) is 0 Å². The molecule has 0 atom stereocenters. The van der Waals surface area contributed by atoms with Crippen molar-refractivity contribution in [2.24, 2.45) is 0 Å². The molecule has 0 N–H and O–H groups in total. The molecule has 1 heterocycles. The van der Waals surface area contributed by atoms with Gasteiger partial charge in [0.05, 0.1) is 16.4 Å². The summed E-state index contributed by atoms with van der Waals surface area (Å²) in [5, 5.41) is 5.98. The van der Waals surface area contributed by atoms with Crippen molar-refractivity contribution < 1.29 is 0 Å². The van der Waals surface area contributed by atoms with E-state index >= 15 is 0 Å². The molecule has 0 unspecified atom stereocenters. The van der Waals surface area contributed by atoms with Gasteiger partial charge in [0.2, 0.25) is 0 Å². The number of hydrogen-bond acceptors (Lipinski definition) is 2. The fourth-order valence-electron chi connectivity index (χ4n) is 8.26. The van der Waals surface area contributed by atoms with Gasteiger partial charge in [-0.05, 0) is 116 Å². The lowest BCUT2D eigenvalue weighted by Gasteiger charge is -2.38. The van der Waals surface area contributed by atoms with Crippen LogP contribution in [0.2, 0.25) is 5.02 Å². The Labute approximate surface area is 333 Å². The van der Waals surface area contributed by atoms with Crippen LogP contribution in [0.15, 0.2) is 170 Å². The van der Waals surface area contributed by atoms with E-state index in [1.165, 1.54) is 31.9 Å². The molecular formula is C51H49ClN2Si. The summed E-state index contributed by atoms with van der Waals surface area (Å²) in [6, 6.07) is 63.4. The monoisotopic (exact) mass is 752 g/mol. The number of anilines is 6. The minimum Gasteiger partial charge on any atom is -0.309 e. The van der Waals surface area contributed by atoms with Crippen LogP contribution >= 0.6 is 11.6 Å². The molecular weight excluding hydrogens is 704 g/mol. The number of benzene rings is 7. The molecule has 7 aromatic rings. The highest BCUT2D eigenvalue weighted by Gasteiger charge is 2.42. The lowest BCUT2D eigenvalue weighted by molar-refractivity contribution is 0.590. The summed E-state index contributed by atoms with van der Waals surface area (Å²) in [4.78, 5) is 4.72. The zero-order valence-electron chi connectivity index (χ0n) is 32.9. The molecule has 1 aliphatic heterocycles. The van der Waals surface area contributed by atoms with Gasteiger partial charge < -0.3 is 9.80 Å². The van der Waals surface area contributed by atoms with E-state index in [9.17, 15) is 0 Å². The molecule has 55 heavy (non-hydrogen) atoms. The van der Waals surface area contributed by atoms with Crippen LogP contribution in [-0.2, 0) is 10.8 Å². The lowest BCUT2D eigenvalue weighted by Crippen LogP contribution is -2.74. The van der Waals surface area contributed by atoms with Gasteiger partial charge in [-0.3, -0.25) is 0 Å². The predicted octanol–water partition coefficient (Wildman–Crippen LogP) is 11.9. The Morgan fingerprint density at radius 2 is 0.764 bits per heavy atom. The van der Waals surface area contributed by atoms with Crippen molar-refractivity contribution in [3.05, 3.63) is 192 Å². The third-order valence-electron chi connectivity index (χ3n) is 11.1. The van der Waals surface area contributed by atoms with Crippen molar-refractivity contribution in [3.63, 3.8) is 0 Å². The number of aryl methyl sites for hydroxylation is 1. The second-order valence-electron chi connectivity index (χ2n) is 17.0. The Kier molecular flexibility index (Phi) is 9.36. The maximum atomic E-state index is 7.81. The lowest BCUT2D eigenvalue weighted by atomic mass is 9.87. The molecule has 0 saturated carbocycles. The van der Waals surface area contributed by atoms with Crippen LogP contribution in [0, 0.1) is 6.92 Å². The van der Waals surface area contributed by atoms with Crippen LogP contribution in [0.4, 0.5) is 34.1 Å². The summed E-state index contributed by atoms with van der Waals surface area (Å²) >= 11 is 7.81. The van der Waals surface area contributed by atoms with Gasteiger partial charge in [0.25, 0.3) is 0 Å². The largest absolute Gasteiger partial charge is 0.309 e. The van der Waals surface area contributed by atoms with Crippen LogP contribution < -0.4 is 30.5 Å². The highest BCUT2D eigenvalue weighted by molar-refractivity contribution is 7.20. The number of halogens is 1. The van der Waals surface area contributed by atoms with Gasteiger partial charge in [-0.2, -0.15) is 0 Å². The van der Waals surface area contributed by atoms with Gasteiger partial charge in [-0.25, -0.2) is 0 Å². The average Bonchev–Trinajstić information content (AvgIpc) is 3.18. The van der Waals surface area contributed by atoms with E-state index in [1.807, 2.05) is 0 Å². The molecule has 274 valence electrons. The molecule has 1 aliphatic rings. The topological polar surface area (TPSA) is 6.48 Å². The first-order valence-electron chi connectivity index (χ1n) is 19.3. The van der Waals surface area contributed by atoms with Gasteiger partial charge in [-0.15, -0.1) is 0 Å². The SMILES string of the molecule is Cc1cc2c(Cl)c(c1)N(c1ccc(C(C)(C)C)cc1)c1cccc(c1)[Si](c1ccccc1)(c1ccccc1)c1cccc(c1)N2c1ccc(C(C)(C)C)cc1. The molecule has 6 bridgehead atoms. The summed E-state index contributed by atoms with van der Waals surface area (Å²) in [5.41, 5.74) is 9.91. The number of rotatable bonds is 4. The third-order valence-corrected chi connectivity index (χ3v) is 16.3. The first-order chi connectivity index (χ1) is 26.4. The summed E-state index contributed by atoms with van der Waals surface area (Å²) in [6.07, 6.45) is 0. The number of nitrogens with zero attached hydrogens (tertiary/aromatic N) is 2. The molecule has 2 nitrogen and oxygen atoms in total. The summed E-state index contributed by atoms with van der Waals surface area (Å²) in [6.45, 7) is 15.8. The summed E-state index contributed by atoms with van der Waals surface area (Å²) in [5.74, 6) is 0. The standard InChI is InChI=1S/C51H49ClN2Si/c1-36-32-47-49(52)48(33-36)54(40-30-26-38(27-31-40)51(5,6)7)42-17-15-23-46(35-42)55(43-18-10-8-11-19-43,44-20-12-9-13-21-44)45-22-14-16-41(34-45)53(47)39-28-24-37(25-29-39)50(2,3)4/h8-35H,1-7H3. The van der Waals surface area contributed by atoms with E-state index in [0.717, 1.165) is 39.7 Å². The van der Waals surface area contributed by atoms with Crippen molar-refractivity contribution in [1.29, 1.82) is 0 Å². The quantitative estimate of drug-likeness (QED) is 0.165. The molecule has 0 saturated heterocycles.